The minimum atomic E-state index is -4.05. The number of halogens is 1. The number of carbonyl (C=O) groups excluding carboxylic acids is 1. The van der Waals surface area contributed by atoms with Gasteiger partial charge >= 0.3 is 0 Å². The van der Waals surface area contributed by atoms with E-state index in [0.29, 0.717) is 25.4 Å². The fraction of sp³-hybridized carbons (Fsp3) is 0.435. The number of ether oxygens (including phenoxy) is 2. The molecule has 33 heavy (non-hydrogen) atoms. The van der Waals surface area contributed by atoms with Gasteiger partial charge in [-0.25, -0.2) is 12.8 Å². The first kappa shape index (κ1) is 24.9. The van der Waals surface area contributed by atoms with E-state index in [9.17, 15) is 17.6 Å². The number of fused-ring (bicyclic) bond motifs is 1. The maximum Gasteiger partial charge on any atom is 0.261 e. The van der Waals surface area contributed by atoms with Crippen LogP contribution >= 0.6 is 0 Å². The summed E-state index contributed by atoms with van der Waals surface area (Å²) in [6.07, 6.45) is -0.183. The molecule has 3 atom stereocenters. The molecular formula is C23H30FN3O5S. The summed E-state index contributed by atoms with van der Waals surface area (Å²) in [6, 6.07) is 9.22. The number of sulfonamides is 1. The van der Waals surface area contributed by atoms with E-state index >= 15 is 0 Å². The Labute approximate surface area is 194 Å². The summed E-state index contributed by atoms with van der Waals surface area (Å²) in [5.41, 5.74) is 0.380. The van der Waals surface area contributed by atoms with Crippen LogP contribution in [0.15, 0.2) is 47.4 Å². The number of hydrogen-bond donors (Lipinski definition) is 2. The molecule has 0 saturated carbocycles. The first-order valence-electron chi connectivity index (χ1n) is 10.7. The van der Waals surface area contributed by atoms with Gasteiger partial charge in [-0.3, -0.25) is 9.52 Å². The fourth-order valence-electron chi connectivity index (χ4n) is 3.57. The Hall–Kier alpha value is -2.69. The van der Waals surface area contributed by atoms with Crippen LogP contribution in [0, 0.1) is 11.7 Å². The van der Waals surface area contributed by atoms with Gasteiger partial charge in [-0.05, 0) is 49.2 Å². The Kier molecular flexibility index (Phi) is 7.93. The van der Waals surface area contributed by atoms with E-state index in [1.807, 2.05) is 13.8 Å². The molecule has 0 unspecified atom stereocenters. The molecular weight excluding hydrogens is 449 g/mol. The van der Waals surface area contributed by atoms with Crippen LogP contribution in [0.1, 0.15) is 24.2 Å². The number of hydrogen-bond acceptors (Lipinski definition) is 6. The summed E-state index contributed by atoms with van der Waals surface area (Å²) in [5, 5.41) is 3.41. The van der Waals surface area contributed by atoms with Crippen molar-refractivity contribution in [3.8, 4) is 5.75 Å². The summed E-state index contributed by atoms with van der Waals surface area (Å²) >= 11 is 0. The van der Waals surface area contributed by atoms with Crippen molar-refractivity contribution < 1.29 is 27.1 Å². The van der Waals surface area contributed by atoms with Crippen LogP contribution in [0.2, 0.25) is 0 Å². The van der Waals surface area contributed by atoms with Crippen LogP contribution in [0.3, 0.4) is 0 Å². The van der Waals surface area contributed by atoms with Gasteiger partial charge < -0.3 is 19.7 Å². The quantitative estimate of drug-likeness (QED) is 0.700. The highest BCUT2D eigenvalue weighted by Gasteiger charge is 2.26. The summed E-state index contributed by atoms with van der Waals surface area (Å²) in [6.45, 7) is 5.41. The van der Waals surface area contributed by atoms with Gasteiger partial charge in [0.05, 0.1) is 16.6 Å². The molecule has 0 saturated heterocycles. The van der Waals surface area contributed by atoms with E-state index in [2.05, 4.69) is 10.0 Å². The van der Waals surface area contributed by atoms with Crippen molar-refractivity contribution in [3.05, 3.63) is 53.8 Å². The standard InChI is InChI=1S/C23H30FN3O5S/c1-15-12-25-16(2)14-32-21-9-8-18(11-20(21)23(28)27(3)13-22(15)31-4)26-33(29,30)19-7-5-6-17(24)10-19/h5-11,15-16,22,25-26H,12-14H2,1-4H3/t15-,16-,22-/m1/s1. The van der Waals surface area contributed by atoms with Gasteiger partial charge in [0.1, 0.15) is 18.2 Å². The van der Waals surface area contributed by atoms with Crippen LogP contribution < -0.4 is 14.8 Å². The second-order valence-corrected chi connectivity index (χ2v) is 10.0. The van der Waals surface area contributed by atoms with Crippen molar-refractivity contribution in [3.63, 3.8) is 0 Å². The highest BCUT2D eigenvalue weighted by molar-refractivity contribution is 7.92. The lowest BCUT2D eigenvalue weighted by atomic mass is 10.0. The zero-order valence-corrected chi connectivity index (χ0v) is 20.0. The Morgan fingerprint density at radius 2 is 1.97 bits per heavy atom. The van der Waals surface area contributed by atoms with E-state index in [1.165, 1.54) is 29.2 Å². The van der Waals surface area contributed by atoms with Crippen molar-refractivity contribution in [1.29, 1.82) is 0 Å². The molecule has 180 valence electrons. The summed E-state index contributed by atoms with van der Waals surface area (Å²) < 4.78 is 52.9. The normalized spacial score (nSPS) is 22.5. The molecule has 0 spiro atoms. The predicted octanol–water partition coefficient (Wildman–Crippen LogP) is 2.72. The van der Waals surface area contributed by atoms with E-state index in [1.54, 1.807) is 20.2 Å². The highest BCUT2D eigenvalue weighted by Crippen LogP contribution is 2.27. The van der Waals surface area contributed by atoms with Crippen LogP contribution in [0.25, 0.3) is 0 Å². The molecule has 0 bridgehead atoms. The average molecular weight is 480 g/mol. The molecule has 1 amide bonds. The summed E-state index contributed by atoms with van der Waals surface area (Å²) in [5.74, 6) is -0.495. The van der Waals surface area contributed by atoms with Crippen LogP contribution in [-0.4, -0.2) is 65.2 Å². The molecule has 2 aromatic carbocycles. The number of nitrogens with one attached hydrogen (secondary N) is 2. The smallest absolute Gasteiger partial charge is 0.261 e. The van der Waals surface area contributed by atoms with Crippen LogP contribution in [0.5, 0.6) is 5.75 Å². The molecule has 0 aromatic heterocycles. The average Bonchev–Trinajstić information content (AvgIpc) is 2.78. The number of anilines is 1. The number of nitrogens with zero attached hydrogens (tertiary/aromatic N) is 1. The maximum absolute atomic E-state index is 13.5. The molecule has 2 aromatic rings. The molecule has 0 radical (unpaired) electrons. The number of rotatable bonds is 4. The molecule has 8 nitrogen and oxygen atoms in total. The van der Waals surface area contributed by atoms with E-state index in [4.69, 9.17) is 9.47 Å². The number of methoxy groups -OCH3 is 1. The second-order valence-electron chi connectivity index (χ2n) is 8.33. The molecule has 1 heterocycles. The van der Waals surface area contributed by atoms with Crippen LogP contribution in [0.4, 0.5) is 10.1 Å². The molecule has 3 rings (SSSR count). The Bertz CT molecular complexity index is 1100. The van der Waals surface area contributed by atoms with Crippen molar-refractivity contribution >= 4 is 21.6 Å². The number of benzene rings is 2. The lowest BCUT2D eigenvalue weighted by molar-refractivity contribution is 0.0281. The first-order chi connectivity index (χ1) is 15.6. The minimum absolute atomic E-state index is 0.0243. The zero-order valence-electron chi connectivity index (χ0n) is 19.2. The lowest BCUT2D eigenvalue weighted by Crippen LogP contribution is -2.44. The largest absolute Gasteiger partial charge is 0.491 e. The SMILES string of the molecule is CO[C@@H]1CN(C)C(=O)c2cc(NS(=O)(=O)c3cccc(F)c3)ccc2OC[C@@H](C)NC[C@H]1C. The molecule has 1 aliphatic rings. The van der Waals surface area contributed by atoms with Gasteiger partial charge in [0.2, 0.25) is 0 Å². The van der Waals surface area contributed by atoms with Crippen molar-refractivity contribution in [2.75, 3.05) is 38.6 Å². The topological polar surface area (TPSA) is 97.0 Å². The van der Waals surface area contributed by atoms with Gasteiger partial charge in [0.15, 0.2) is 0 Å². The van der Waals surface area contributed by atoms with Gasteiger partial charge in [0, 0.05) is 39.0 Å². The third kappa shape index (κ3) is 6.21. The number of amides is 1. The summed E-state index contributed by atoms with van der Waals surface area (Å²) in [4.78, 5) is 14.6. The molecule has 10 heteroatoms. The van der Waals surface area contributed by atoms with Crippen molar-refractivity contribution in [2.45, 2.75) is 30.9 Å². The predicted molar refractivity (Wildman–Crippen MR) is 124 cm³/mol. The summed E-state index contributed by atoms with van der Waals surface area (Å²) in [7, 11) is -0.769. The van der Waals surface area contributed by atoms with Gasteiger partial charge in [-0.2, -0.15) is 0 Å². The molecule has 0 aliphatic carbocycles. The lowest BCUT2D eigenvalue weighted by Gasteiger charge is -2.30. The first-order valence-corrected chi connectivity index (χ1v) is 12.2. The Morgan fingerprint density at radius 3 is 2.67 bits per heavy atom. The number of likely N-dealkylation sites (N-methyl/N-ethyl adjacent to an activating group) is 1. The third-order valence-corrected chi connectivity index (χ3v) is 6.96. The zero-order chi connectivity index (χ0) is 24.2. The molecule has 2 N–H and O–H groups in total. The minimum Gasteiger partial charge on any atom is -0.491 e. The molecule has 0 fully saturated rings. The van der Waals surface area contributed by atoms with Crippen molar-refractivity contribution in [1.82, 2.24) is 10.2 Å². The Morgan fingerprint density at radius 1 is 1.21 bits per heavy atom. The van der Waals surface area contributed by atoms with Crippen LogP contribution in [-0.2, 0) is 14.8 Å². The number of carbonyl (C=O) groups is 1. The van der Waals surface area contributed by atoms with Crippen molar-refractivity contribution in [2.24, 2.45) is 5.92 Å². The van der Waals surface area contributed by atoms with Gasteiger partial charge in [-0.1, -0.05) is 13.0 Å². The van der Waals surface area contributed by atoms with Gasteiger partial charge in [0.25, 0.3) is 15.9 Å². The highest BCUT2D eigenvalue weighted by atomic mass is 32.2. The Balaban J connectivity index is 1.94. The van der Waals surface area contributed by atoms with Gasteiger partial charge in [-0.15, -0.1) is 0 Å². The maximum atomic E-state index is 13.5. The van der Waals surface area contributed by atoms with E-state index in [0.717, 1.165) is 12.1 Å². The fourth-order valence-corrected chi connectivity index (χ4v) is 4.65. The van der Waals surface area contributed by atoms with E-state index in [-0.39, 0.29) is 40.1 Å². The second kappa shape index (κ2) is 10.5. The monoisotopic (exact) mass is 479 g/mol. The molecule has 1 aliphatic heterocycles. The third-order valence-electron chi connectivity index (χ3n) is 5.58. The van der Waals surface area contributed by atoms with E-state index < -0.39 is 15.8 Å².